The van der Waals surface area contributed by atoms with Crippen LogP contribution in [0.4, 0.5) is 10.6 Å². The van der Waals surface area contributed by atoms with Gasteiger partial charge in [0.1, 0.15) is 11.3 Å². The summed E-state index contributed by atoms with van der Waals surface area (Å²) in [5.74, 6) is -0.0453. The Morgan fingerprint density at radius 3 is 2.44 bits per heavy atom. The molecule has 0 saturated heterocycles. The normalized spacial score (nSPS) is 10.4. The van der Waals surface area contributed by atoms with Crippen molar-refractivity contribution >= 4 is 29.4 Å². The number of methoxy groups -OCH3 is 1. The first-order valence-corrected chi connectivity index (χ1v) is 8.17. The molecule has 0 aliphatic rings. The minimum absolute atomic E-state index is 0.00409. The van der Waals surface area contributed by atoms with E-state index in [1.807, 2.05) is 18.2 Å². The van der Waals surface area contributed by atoms with Crippen LogP contribution in [0.2, 0.25) is 5.02 Å². The van der Waals surface area contributed by atoms with Crippen LogP contribution >= 0.6 is 11.6 Å². The number of anilines is 1. The van der Waals surface area contributed by atoms with Crippen LogP contribution < -0.4 is 21.5 Å². The predicted molar refractivity (Wildman–Crippen MR) is 102 cm³/mol. The van der Waals surface area contributed by atoms with Crippen LogP contribution in [-0.4, -0.2) is 28.8 Å². The molecule has 3 aromatic rings. The molecule has 0 aliphatic heterocycles. The SMILES string of the molecule is COc1ccc(Cl)cc1-c1ccc(-n2cc(C(N)=O)c(NC(N)=O)n2)cc1. The molecule has 27 heavy (non-hydrogen) atoms. The van der Waals surface area contributed by atoms with Gasteiger partial charge < -0.3 is 16.2 Å². The zero-order valence-corrected chi connectivity index (χ0v) is 15.0. The largest absolute Gasteiger partial charge is 0.496 e. The second-order valence-electron chi connectivity index (χ2n) is 5.58. The number of benzene rings is 2. The number of carbonyl (C=O) groups excluding carboxylic acids is 2. The highest BCUT2D eigenvalue weighted by Gasteiger charge is 2.16. The van der Waals surface area contributed by atoms with Gasteiger partial charge in [-0.2, -0.15) is 0 Å². The molecule has 0 aliphatic carbocycles. The number of rotatable bonds is 5. The van der Waals surface area contributed by atoms with Crippen molar-refractivity contribution < 1.29 is 14.3 Å². The number of primary amides is 2. The number of ether oxygens (including phenoxy) is 1. The van der Waals surface area contributed by atoms with E-state index in [0.717, 1.165) is 11.1 Å². The molecule has 3 amide bonds. The van der Waals surface area contributed by atoms with Gasteiger partial charge in [0.25, 0.3) is 5.91 Å². The lowest BCUT2D eigenvalue weighted by atomic mass is 10.0. The van der Waals surface area contributed by atoms with Gasteiger partial charge in [0.15, 0.2) is 5.82 Å². The minimum atomic E-state index is -0.842. The van der Waals surface area contributed by atoms with Gasteiger partial charge in [0.05, 0.1) is 12.8 Å². The fourth-order valence-electron chi connectivity index (χ4n) is 2.60. The lowest BCUT2D eigenvalue weighted by Crippen LogP contribution is -2.22. The molecular weight excluding hydrogens is 370 g/mol. The van der Waals surface area contributed by atoms with E-state index in [2.05, 4.69) is 10.4 Å². The molecule has 0 radical (unpaired) electrons. The monoisotopic (exact) mass is 385 g/mol. The molecule has 3 rings (SSSR count). The predicted octanol–water partition coefficient (Wildman–Crippen LogP) is 2.79. The maximum Gasteiger partial charge on any atom is 0.317 e. The average Bonchev–Trinajstić information content (AvgIpc) is 3.05. The molecule has 0 bridgehead atoms. The number of nitrogens with zero attached hydrogens (tertiary/aromatic N) is 2. The van der Waals surface area contributed by atoms with Crippen molar-refractivity contribution in [1.29, 1.82) is 0 Å². The van der Waals surface area contributed by atoms with Crippen LogP contribution in [0.3, 0.4) is 0 Å². The van der Waals surface area contributed by atoms with Crippen molar-refractivity contribution in [2.24, 2.45) is 11.5 Å². The number of amides is 3. The summed E-state index contributed by atoms with van der Waals surface area (Å²) in [7, 11) is 1.59. The molecule has 8 nitrogen and oxygen atoms in total. The summed E-state index contributed by atoms with van der Waals surface area (Å²) >= 11 is 6.08. The average molecular weight is 386 g/mol. The number of halogens is 1. The first-order chi connectivity index (χ1) is 12.9. The van der Waals surface area contributed by atoms with Crippen molar-refractivity contribution in [3.8, 4) is 22.6 Å². The van der Waals surface area contributed by atoms with Gasteiger partial charge in [0, 0.05) is 16.8 Å². The number of hydrogen-bond acceptors (Lipinski definition) is 4. The first kappa shape index (κ1) is 18.3. The van der Waals surface area contributed by atoms with E-state index in [9.17, 15) is 9.59 Å². The Morgan fingerprint density at radius 1 is 1.15 bits per heavy atom. The Balaban J connectivity index is 1.98. The number of urea groups is 1. The third-order valence-corrected chi connectivity index (χ3v) is 4.06. The summed E-state index contributed by atoms with van der Waals surface area (Å²) in [4.78, 5) is 22.6. The summed E-state index contributed by atoms with van der Waals surface area (Å²) in [5.41, 5.74) is 12.8. The second-order valence-corrected chi connectivity index (χ2v) is 6.02. The van der Waals surface area contributed by atoms with E-state index < -0.39 is 11.9 Å². The topological polar surface area (TPSA) is 125 Å². The molecular formula is C18H16ClN5O3. The molecule has 1 heterocycles. The number of carbonyl (C=O) groups is 2. The standard InChI is InChI=1S/C18H16ClN5O3/c1-27-15-7-4-11(19)8-13(15)10-2-5-12(6-3-10)24-9-14(16(20)25)17(23-24)22-18(21)26/h2-9H,1H3,(H2,20,25)(H3,21,22,23,26). The molecule has 9 heteroatoms. The maximum atomic E-state index is 11.5. The van der Waals surface area contributed by atoms with E-state index in [0.29, 0.717) is 16.5 Å². The third-order valence-electron chi connectivity index (χ3n) is 3.83. The Morgan fingerprint density at radius 2 is 1.85 bits per heavy atom. The highest BCUT2D eigenvalue weighted by molar-refractivity contribution is 6.31. The summed E-state index contributed by atoms with van der Waals surface area (Å²) in [6.07, 6.45) is 1.42. The maximum absolute atomic E-state index is 11.5. The lowest BCUT2D eigenvalue weighted by molar-refractivity contribution is 0.100. The van der Waals surface area contributed by atoms with Gasteiger partial charge >= 0.3 is 6.03 Å². The highest BCUT2D eigenvalue weighted by Crippen LogP contribution is 2.33. The minimum Gasteiger partial charge on any atom is -0.496 e. The number of nitrogens with one attached hydrogen (secondary N) is 1. The lowest BCUT2D eigenvalue weighted by Gasteiger charge is -2.10. The van der Waals surface area contributed by atoms with Gasteiger partial charge in [-0.3, -0.25) is 10.1 Å². The van der Waals surface area contributed by atoms with Crippen molar-refractivity contribution in [3.63, 3.8) is 0 Å². The van der Waals surface area contributed by atoms with Crippen LogP contribution in [0, 0.1) is 0 Å². The van der Waals surface area contributed by atoms with E-state index in [1.165, 1.54) is 10.9 Å². The van der Waals surface area contributed by atoms with Crippen LogP contribution in [-0.2, 0) is 0 Å². The molecule has 138 valence electrons. The molecule has 0 spiro atoms. The summed E-state index contributed by atoms with van der Waals surface area (Å²) < 4.78 is 6.79. The van der Waals surface area contributed by atoms with Crippen LogP contribution in [0.25, 0.3) is 16.8 Å². The van der Waals surface area contributed by atoms with Crippen molar-refractivity contribution in [2.45, 2.75) is 0 Å². The van der Waals surface area contributed by atoms with Crippen LogP contribution in [0.5, 0.6) is 5.75 Å². The van der Waals surface area contributed by atoms with Crippen molar-refractivity contribution in [3.05, 3.63) is 59.2 Å². The van der Waals surface area contributed by atoms with Gasteiger partial charge in [0.2, 0.25) is 0 Å². The van der Waals surface area contributed by atoms with Crippen molar-refractivity contribution in [1.82, 2.24) is 9.78 Å². The highest BCUT2D eigenvalue weighted by atomic mass is 35.5. The Bertz CT molecular complexity index is 1010. The summed E-state index contributed by atoms with van der Waals surface area (Å²) in [6.45, 7) is 0. The Kier molecular flexibility index (Phi) is 5.00. The van der Waals surface area contributed by atoms with E-state index in [1.54, 1.807) is 31.4 Å². The molecule has 1 aromatic heterocycles. The third kappa shape index (κ3) is 3.85. The molecule has 0 atom stereocenters. The number of aromatic nitrogens is 2. The van der Waals surface area contributed by atoms with Crippen LogP contribution in [0.1, 0.15) is 10.4 Å². The fourth-order valence-corrected chi connectivity index (χ4v) is 2.77. The Labute approximate surface area is 159 Å². The zero-order valence-electron chi connectivity index (χ0n) is 14.3. The molecule has 5 N–H and O–H groups in total. The fraction of sp³-hybridized carbons (Fsp3) is 0.0556. The first-order valence-electron chi connectivity index (χ1n) is 7.79. The molecule has 0 unspecified atom stereocenters. The van der Waals surface area contributed by atoms with Crippen molar-refractivity contribution in [2.75, 3.05) is 12.4 Å². The van der Waals surface area contributed by atoms with Gasteiger partial charge in [-0.1, -0.05) is 23.7 Å². The zero-order chi connectivity index (χ0) is 19.6. The van der Waals surface area contributed by atoms with Gasteiger partial charge in [-0.05, 0) is 35.9 Å². The van der Waals surface area contributed by atoms with Gasteiger partial charge in [-0.25, -0.2) is 9.48 Å². The molecule has 0 saturated carbocycles. The molecule has 2 aromatic carbocycles. The van der Waals surface area contributed by atoms with Crippen LogP contribution in [0.15, 0.2) is 48.7 Å². The van der Waals surface area contributed by atoms with E-state index in [-0.39, 0.29) is 11.4 Å². The number of nitrogens with two attached hydrogens (primary N) is 2. The smallest absolute Gasteiger partial charge is 0.317 e. The van der Waals surface area contributed by atoms with E-state index >= 15 is 0 Å². The molecule has 0 fully saturated rings. The Hall–Kier alpha value is -3.52. The second kappa shape index (κ2) is 7.38. The van der Waals surface area contributed by atoms with E-state index in [4.69, 9.17) is 27.8 Å². The quantitative estimate of drug-likeness (QED) is 0.624. The van der Waals surface area contributed by atoms with Gasteiger partial charge in [-0.15, -0.1) is 5.10 Å². The summed E-state index contributed by atoms with van der Waals surface area (Å²) in [5, 5.41) is 7.02. The number of hydrogen-bond donors (Lipinski definition) is 3. The summed E-state index contributed by atoms with van der Waals surface area (Å²) in [6, 6.07) is 11.8.